The van der Waals surface area contributed by atoms with Crippen LogP contribution >= 0.6 is 0 Å². The molecule has 4 nitrogen and oxygen atoms in total. The van der Waals surface area contributed by atoms with Crippen LogP contribution in [0, 0.1) is 6.92 Å². The van der Waals surface area contributed by atoms with E-state index in [9.17, 15) is 0 Å². The number of rotatable bonds is 21. The van der Waals surface area contributed by atoms with Crippen LogP contribution in [0.25, 0.3) is 56.7 Å². The number of nitrogens with zero attached hydrogens (tertiary/aromatic N) is 4. The number of hydrogen-bond donors (Lipinski definition) is 0. The number of hydrogen-bond acceptors (Lipinski definition) is 4. The van der Waals surface area contributed by atoms with Gasteiger partial charge in [-0.3, -0.25) is 0 Å². The van der Waals surface area contributed by atoms with Gasteiger partial charge in [0, 0.05) is 68.2 Å². The van der Waals surface area contributed by atoms with Gasteiger partial charge in [-0.15, -0.1) is 0 Å². The molecule has 0 amide bonds. The molecule has 0 aliphatic heterocycles. The van der Waals surface area contributed by atoms with Crippen LogP contribution in [0.15, 0.2) is 455 Å². The molecule has 0 heterocycles. The lowest BCUT2D eigenvalue weighted by molar-refractivity contribution is 0.586. The predicted octanol–water partition coefficient (Wildman–Crippen LogP) is 33.2. The van der Waals surface area contributed by atoms with Gasteiger partial charge in [0.2, 0.25) is 0 Å². The van der Waals surface area contributed by atoms with Crippen molar-refractivity contribution in [1.29, 1.82) is 0 Å². The van der Waals surface area contributed by atoms with Crippen LogP contribution in [0.3, 0.4) is 0 Å². The minimum atomic E-state index is -0.682. The number of benzene rings is 18. The molecule has 18 aromatic carbocycles. The monoisotopic (exact) mass is 1630 g/mol. The maximum absolute atomic E-state index is 2.56. The highest BCUT2D eigenvalue weighted by Crippen LogP contribution is 2.65. The maximum Gasteiger partial charge on any atom is 0.0727 e. The van der Waals surface area contributed by atoms with E-state index in [1.165, 1.54) is 106 Å². The lowest BCUT2D eigenvalue weighted by Crippen LogP contribution is -2.28. The van der Waals surface area contributed by atoms with Crippen molar-refractivity contribution < 1.29 is 0 Å². The molecule has 4 heteroatoms. The molecular weight excluding hydrogens is 1530 g/mol. The van der Waals surface area contributed by atoms with Crippen molar-refractivity contribution in [1.82, 2.24) is 0 Å². The zero-order valence-electron chi connectivity index (χ0n) is 73.0. The lowest BCUT2D eigenvalue weighted by atomic mass is 9.68. The van der Waals surface area contributed by atoms with Crippen molar-refractivity contribution >= 4 is 91.5 Å². The Hall–Kier alpha value is -15.4. The zero-order valence-corrected chi connectivity index (χ0v) is 73.0. The van der Waals surface area contributed by atoms with E-state index in [0.717, 1.165) is 96.9 Å². The summed E-state index contributed by atoms with van der Waals surface area (Å²) in [5.74, 6) is 0. The Morgan fingerprint density at radius 2 is 0.457 bits per heavy atom. The normalized spacial score (nSPS) is 12.1. The van der Waals surface area contributed by atoms with E-state index >= 15 is 0 Å². The van der Waals surface area contributed by atoms with Crippen molar-refractivity contribution in [3.05, 3.63) is 538 Å². The summed E-state index contributed by atoms with van der Waals surface area (Å²) in [6, 6.07) is 168. The van der Waals surface area contributed by atoms with Crippen molar-refractivity contribution in [3.8, 4) is 33.4 Å². The van der Waals surface area contributed by atoms with E-state index in [1.807, 2.05) is 0 Å². The molecule has 0 atom stereocenters. The number of fused-ring (bicyclic) bond motifs is 10. The number of aryl methyl sites for hydroxylation is 1. The van der Waals surface area contributed by atoms with Gasteiger partial charge in [0.15, 0.2) is 0 Å². The number of para-hydroxylation sites is 3. The summed E-state index contributed by atoms with van der Waals surface area (Å²) in [6.07, 6.45) is 5.36. The van der Waals surface area contributed by atoms with Gasteiger partial charge < -0.3 is 19.6 Å². The van der Waals surface area contributed by atoms with Crippen LogP contribution in [-0.2, 0) is 22.7 Å². The van der Waals surface area contributed by atoms with E-state index < -0.39 is 5.41 Å². The lowest BCUT2D eigenvalue weighted by Gasteiger charge is -2.34. The van der Waals surface area contributed by atoms with Gasteiger partial charge in [-0.2, -0.15) is 0 Å². The third-order valence-electron chi connectivity index (χ3n) is 25.5. The van der Waals surface area contributed by atoms with Gasteiger partial charge in [0.1, 0.15) is 0 Å². The first-order chi connectivity index (χ1) is 62.1. The summed E-state index contributed by atoms with van der Waals surface area (Å²) in [4.78, 5) is 9.61. The van der Waals surface area contributed by atoms with Crippen LogP contribution in [0.2, 0.25) is 0 Å². The van der Waals surface area contributed by atoms with E-state index in [-0.39, 0.29) is 10.8 Å². The van der Waals surface area contributed by atoms with Crippen LogP contribution in [-0.4, -0.2) is 0 Å². The van der Waals surface area contributed by atoms with E-state index in [2.05, 4.69) is 535 Å². The minimum Gasteiger partial charge on any atom is -0.311 e. The first-order valence-corrected chi connectivity index (χ1v) is 44.4. The van der Waals surface area contributed by atoms with E-state index in [4.69, 9.17) is 0 Å². The van der Waals surface area contributed by atoms with Gasteiger partial charge in [-0.05, 0) is 304 Å². The maximum atomic E-state index is 2.56. The van der Waals surface area contributed by atoms with Gasteiger partial charge >= 0.3 is 0 Å². The molecule has 127 heavy (non-hydrogen) atoms. The molecule has 0 bridgehead atoms. The fraction of sp³-hybridized carbons (Fsp3) is 0.0894. The summed E-state index contributed by atoms with van der Waals surface area (Å²) in [5, 5.41) is 0. The molecule has 612 valence electrons. The Labute approximate surface area is 749 Å². The predicted molar refractivity (Wildman–Crippen MR) is 538 cm³/mol. The molecule has 0 saturated heterocycles. The van der Waals surface area contributed by atoms with Crippen LogP contribution in [0.5, 0.6) is 0 Å². The van der Waals surface area contributed by atoms with Crippen LogP contribution in [0.1, 0.15) is 125 Å². The topological polar surface area (TPSA) is 13.0 Å². The Morgan fingerprint density at radius 3 is 0.748 bits per heavy atom. The first-order valence-electron chi connectivity index (χ1n) is 44.4. The highest BCUT2D eigenvalue weighted by atomic mass is 15.2. The molecule has 0 N–H and O–H groups in total. The largest absolute Gasteiger partial charge is 0.311 e. The molecule has 2 aliphatic carbocycles. The van der Waals surface area contributed by atoms with E-state index in [1.54, 1.807) is 0 Å². The quantitative estimate of drug-likeness (QED) is 0.0665. The standard InChI is InChI=1S/C123H100N4/c1-86-43-59-102(60-44-86)124(104-65-49-89(50-66-104)80-115(93-29-15-8-16-30-93)94-31-17-9-18-32-94)107-69-53-91(54-70-107)92-55-71-108(72-56-92)125(105-67-51-90(52-68-105)81-116(95-33-19-10-20-34-95)96-35-21-11-22-36-96)103-61-45-87(46-62-103)79-88-47-63-106(64-48-88)127(101-41-27-14-28-42-101)110-74-78-114-113-77-73-109(126(99-37-23-12-24-38-99)100-39-25-13-26-40-100)84-119(113)123(120(114)85-110)117-82-97(121(2,3)4)57-75-111(117)112-76-58-98(83-118(112)123)122(5,6)7/h8-78,80-85H,79H2,1-7H3. The summed E-state index contributed by atoms with van der Waals surface area (Å²) < 4.78 is 0. The average Bonchev–Trinajstić information content (AvgIpc) is 1.50. The van der Waals surface area contributed by atoms with Crippen molar-refractivity contribution in [2.75, 3.05) is 19.6 Å². The van der Waals surface area contributed by atoms with Crippen LogP contribution < -0.4 is 19.6 Å². The third kappa shape index (κ3) is 15.9. The Kier molecular flexibility index (Phi) is 21.5. The average molecular weight is 1630 g/mol. The Balaban J connectivity index is 0.629. The van der Waals surface area contributed by atoms with Crippen molar-refractivity contribution in [2.45, 2.75) is 71.1 Å². The van der Waals surface area contributed by atoms with Gasteiger partial charge in [-0.25, -0.2) is 0 Å². The molecular formula is C123H100N4. The molecule has 0 aromatic heterocycles. The molecule has 2 aliphatic rings. The highest BCUT2D eigenvalue weighted by molar-refractivity contribution is 5.99. The molecule has 18 aromatic rings. The second-order valence-electron chi connectivity index (χ2n) is 35.8. The summed E-state index contributed by atoms with van der Waals surface area (Å²) in [6.45, 7) is 16.2. The molecule has 0 unspecified atom stereocenters. The number of anilines is 12. The fourth-order valence-electron chi connectivity index (χ4n) is 18.9. The van der Waals surface area contributed by atoms with Crippen LogP contribution in [0.4, 0.5) is 68.2 Å². The second kappa shape index (κ2) is 34.0. The van der Waals surface area contributed by atoms with Gasteiger partial charge in [0.05, 0.1) is 5.41 Å². The van der Waals surface area contributed by atoms with Crippen molar-refractivity contribution in [3.63, 3.8) is 0 Å². The van der Waals surface area contributed by atoms with E-state index in [0.29, 0.717) is 0 Å². The zero-order chi connectivity index (χ0) is 86.2. The first kappa shape index (κ1) is 80.1. The second-order valence-corrected chi connectivity index (χ2v) is 35.8. The fourth-order valence-corrected chi connectivity index (χ4v) is 18.9. The summed E-state index contributed by atoms with van der Waals surface area (Å²) in [7, 11) is 0. The summed E-state index contributed by atoms with van der Waals surface area (Å²) >= 11 is 0. The molecule has 20 rings (SSSR count). The van der Waals surface area contributed by atoms with Gasteiger partial charge in [-0.1, -0.05) is 356 Å². The smallest absolute Gasteiger partial charge is 0.0727 e. The SMILES string of the molecule is Cc1ccc(N(c2ccc(C=C(c3ccccc3)c3ccccc3)cc2)c2ccc(-c3ccc(N(c4ccc(C=C(c5ccccc5)c5ccccc5)cc4)c4ccc(Cc5ccc(N(c6ccccc6)c6ccc7c(c6)C6(c8cc(N(c9ccccc9)c9ccccc9)ccc8-7)c7cc(C(C)(C)C)ccc7-c7ccc(C(C)(C)C)cc76)cc5)cc4)cc3)cc2)cc1. The molecule has 0 saturated carbocycles. The Morgan fingerprint density at radius 1 is 0.228 bits per heavy atom. The minimum absolute atomic E-state index is 0.106. The molecule has 0 fully saturated rings. The molecule has 0 radical (unpaired) electrons. The van der Waals surface area contributed by atoms with Gasteiger partial charge in [0.25, 0.3) is 0 Å². The van der Waals surface area contributed by atoms with Crippen molar-refractivity contribution in [2.24, 2.45) is 0 Å². The third-order valence-corrected chi connectivity index (χ3v) is 25.5. The summed E-state index contributed by atoms with van der Waals surface area (Å²) in [5.41, 5.74) is 40.3. The molecule has 1 spiro atoms. The Bertz CT molecular complexity index is 6810. The highest BCUT2D eigenvalue weighted by Gasteiger charge is 2.53.